The molecule has 28 heavy (non-hydrogen) atoms. The monoisotopic (exact) mass is 422 g/mol. The zero-order valence-corrected chi connectivity index (χ0v) is 16.4. The number of thiophene rings is 1. The molecule has 0 aliphatic heterocycles. The van der Waals surface area contributed by atoms with Gasteiger partial charge in [0, 0.05) is 18.3 Å². The Balaban J connectivity index is 1.94. The highest BCUT2D eigenvalue weighted by Crippen LogP contribution is 2.31. The van der Waals surface area contributed by atoms with Crippen LogP contribution in [0.3, 0.4) is 0 Å². The van der Waals surface area contributed by atoms with Crippen LogP contribution < -0.4 is 9.62 Å². The van der Waals surface area contributed by atoms with Crippen molar-refractivity contribution in [2.75, 3.05) is 16.2 Å². The normalized spacial score (nSPS) is 11.2. The summed E-state index contributed by atoms with van der Waals surface area (Å²) in [5.74, 6) is -2.32. The largest absolute Gasteiger partial charge is 0.321 e. The fraction of sp³-hybridized carbons (Fsp3) is 0.105. The average molecular weight is 422 g/mol. The van der Waals surface area contributed by atoms with Crippen molar-refractivity contribution in [3.8, 4) is 0 Å². The standard InChI is InChI=1S/C19H16F2N2O3S2/c1-2-23(28(25,26)16-6-4-3-5-7-16)17-8-9-27-18(17)19(24)22-15-11-13(20)10-14(21)12-15/h3-12H,2H2,1H3,(H,22,24). The number of amides is 1. The Hall–Kier alpha value is -2.78. The van der Waals surface area contributed by atoms with Gasteiger partial charge in [-0.15, -0.1) is 11.3 Å². The Morgan fingerprint density at radius 2 is 1.71 bits per heavy atom. The molecule has 0 atom stereocenters. The van der Waals surface area contributed by atoms with Crippen molar-refractivity contribution < 1.29 is 22.0 Å². The van der Waals surface area contributed by atoms with E-state index in [0.717, 1.165) is 27.8 Å². The highest BCUT2D eigenvalue weighted by Gasteiger charge is 2.28. The third-order valence-electron chi connectivity index (χ3n) is 3.86. The van der Waals surface area contributed by atoms with E-state index in [1.807, 2.05) is 0 Å². The van der Waals surface area contributed by atoms with Crippen molar-refractivity contribution in [2.45, 2.75) is 11.8 Å². The molecule has 3 rings (SSSR count). The van der Waals surface area contributed by atoms with Crippen molar-refractivity contribution in [3.05, 3.63) is 76.5 Å². The zero-order chi connectivity index (χ0) is 20.3. The maximum Gasteiger partial charge on any atom is 0.267 e. The molecular formula is C19H16F2N2O3S2. The van der Waals surface area contributed by atoms with Crippen LogP contribution in [0.4, 0.5) is 20.2 Å². The Morgan fingerprint density at radius 1 is 1.07 bits per heavy atom. The molecule has 1 aromatic heterocycles. The van der Waals surface area contributed by atoms with Crippen molar-refractivity contribution in [2.24, 2.45) is 0 Å². The van der Waals surface area contributed by atoms with E-state index in [4.69, 9.17) is 0 Å². The fourth-order valence-corrected chi connectivity index (χ4v) is 5.03. The van der Waals surface area contributed by atoms with Gasteiger partial charge in [-0.2, -0.15) is 0 Å². The second kappa shape index (κ2) is 8.07. The Labute approximate surface area is 165 Å². The second-order valence-electron chi connectivity index (χ2n) is 5.73. The van der Waals surface area contributed by atoms with Crippen molar-refractivity contribution in [1.29, 1.82) is 0 Å². The van der Waals surface area contributed by atoms with Crippen LogP contribution in [0.2, 0.25) is 0 Å². The Morgan fingerprint density at radius 3 is 2.32 bits per heavy atom. The molecule has 0 aliphatic rings. The van der Waals surface area contributed by atoms with E-state index in [2.05, 4.69) is 5.32 Å². The summed E-state index contributed by atoms with van der Waals surface area (Å²) in [5, 5.41) is 3.99. The third-order valence-corrected chi connectivity index (χ3v) is 6.66. The molecule has 5 nitrogen and oxygen atoms in total. The SMILES string of the molecule is CCN(c1ccsc1C(=O)Nc1cc(F)cc(F)c1)S(=O)(=O)c1ccccc1. The predicted molar refractivity (Wildman–Crippen MR) is 105 cm³/mol. The van der Waals surface area contributed by atoms with E-state index in [1.165, 1.54) is 18.2 Å². The number of rotatable bonds is 6. The van der Waals surface area contributed by atoms with Crippen molar-refractivity contribution in [1.82, 2.24) is 0 Å². The summed E-state index contributed by atoms with van der Waals surface area (Å²) >= 11 is 1.03. The molecule has 9 heteroatoms. The van der Waals surface area contributed by atoms with E-state index in [-0.39, 0.29) is 27.7 Å². The van der Waals surface area contributed by atoms with Gasteiger partial charge in [0.15, 0.2) is 0 Å². The van der Waals surface area contributed by atoms with E-state index in [0.29, 0.717) is 6.07 Å². The summed E-state index contributed by atoms with van der Waals surface area (Å²) < 4.78 is 53.8. The van der Waals surface area contributed by atoms with E-state index >= 15 is 0 Å². The number of hydrogen-bond acceptors (Lipinski definition) is 4. The minimum Gasteiger partial charge on any atom is -0.321 e. The van der Waals surface area contributed by atoms with Crippen LogP contribution in [0.1, 0.15) is 16.6 Å². The first kappa shape index (κ1) is 20.0. The number of carbonyl (C=O) groups is 1. The van der Waals surface area contributed by atoms with Gasteiger partial charge in [0.2, 0.25) is 0 Å². The summed E-state index contributed by atoms with van der Waals surface area (Å²) in [6.45, 7) is 1.75. The maximum absolute atomic E-state index is 13.4. The van der Waals surface area contributed by atoms with Crippen LogP contribution in [0.5, 0.6) is 0 Å². The molecule has 1 N–H and O–H groups in total. The first-order valence-corrected chi connectivity index (χ1v) is 10.6. The minimum absolute atomic E-state index is 0.0594. The lowest BCUT2D eigenvalue weighted by Crippen LogP contribution is -2.32. The second-order valence-corrected chi connectivity index (χ2v) is 8.51. The fourth-order valence-electron chi connectivity index (χ4n) is 2.67. The van der Waals surface area contributed by atoms with Crippen LogP contribution in [-0.2, 0) is 10.0 Å². The molecule has 3 aromatic rings. The summed E-state index contributed by atoms with van der Waals surface area (Å²) in [4.78, 5) is 12.9. The van der Waals surface area contributed by atoms with Crippen LogP contribution in [-0.4, -0.2) is 20.9 Å². The molecule has 0 saturated carbocycles. The Kier molecular flexibility index (Phi) is 5.76. The van der Waals surface area contributed by atoms with Crippen molar-refractivity contribution in [3.63, 3.8) is 0 Å². The summed E-state index contributed by atoms with van der Waals surface area (Å²) in [7, 11) is -3.88. The van der Waals surface area contributed by atoms with Gasteiger partial charge in [0.25, 0.3) is 15.9 Å². The van der Waals surface area contributed by atoms with Gasteiger partial charge in [0.05, 0.1) is 10.6 Å². The molecule has 0 fully saturated rings. The number of halogens is 2. The molecule has 146 valence electrons. The van der Waals surface area contributed by atoms with Crippen LogP contribution in [0.25, 0.3) is 0 Å². The lowest BCUT2D eigenvalue weighted by atomic mass is 10.3. The first-order valence-electron chi connectivity index (χ1n) is 8.25. The lowest BCUT2D eigenvalue weighted by Gasteiger charge is -2.23. The van der Waals surface area contributed by atoms with Gasteiger partial charge in [-0.25, -0.2) is 17.2 Å². The number of anilines is 2. The first-order chi connectivity index (χ1) is 13.3. The molecule has 1 amide bonds. The topological polar surface area (TPSA) is 66.5 Å². The van der Waals surface area contributed by atoms with Crippen LogP contribution in [0.15, 0.2) is 64.9 Å². The summed E-state index contributed by atoms with van der Waals surface area (Å²) in [6.07, 6.45) is 0. The van der Waals surface area contributed by atoms with E-state index < -0.39 is 27.6 Å². The highest BCUT2D eigenvalue weighted by molar-refractivity contribution is 7.92. The number of nitrogens with zero attached hydrogens (tertiary/aromatic N) is 1. The minimum atomic E-state index is -3.88. The number of sulfonamides is 1. The zero-order valence-electron chi connectivity index (χ0n) is 14.7. The number of carbonyl (C=O) groups excluding carboxylic acids is 1. The van der Waals surface area contributed by atoms with Gasteiger partial charge in [-0.3, -0.25) is 9.10 Å². The Bertz CT molecular complexity index is 1080. The van der Waals surface area contributed by atoms with Crippen molar-refractivity contribution >= 4 is 38.6 Å². The van der Waals surface area contributed by atoms with E-state index in [9.17, 15) is 22.0 Å². The molecular weight excluding hydrogens is 406 g/mol. The molecule has 0 radical (unpaired) electrons. The average Bonchev–Trinajstić information content (AvgIpc) is 3.11. The van der Waals surface area contributed by atoms with Gasteiger partial charge >= 0.3 is 0 Å². The number of benzene rings is 2. The molecule has 0 aliphatic carbocycles. The molecule has 2 aromatic carbocycles. The lowest BCUT2D eigenvalue weighted by molar-refractivity contribution is 0.103. The molecule has 0 unspecified atom stereocenters. The van der Waals surface area contributed by atoms with Gasteiger partial charge < -0.3 is 5.32 Å². The predicted octanol–water partition coefficient (Wildman–Crippen LogP) is 4.49. The van der Waals surface area contributed by atoms with Gasteiger partial charge in [-0.05, 0) is 42.6 Å². The molecule has 0 saturated heterocycles. The maximum atomic E-state index is 13.4. The van der Waals surface area contributed by atoms with E-state index in [1.54, 1.807) is 30.5 Å². The number of hydrogen-bond donors (Lipinski definition) is 1. The molecule has 1 heterocycles. The quantitative estimate of drug-likeness (QED) is 0.636. The summed E-state index contributed by atoms with van der Waals surface area (Å²) in [5.41, 5.74) is 0.140. The summed E-state index contributed by atoms with van der Waals surface area (Å²) in [6, 6.07) is 12.0. The van der Waals surface area contributed by atoms with Gasteiger partial charge in [-0.1, -0.05) is 18.2 Å². The molecule has 0 spiro atoms. The number of nitrogens with one attached hydrogen (secondary N) is 1. The third kappa shape index (κ3) is 4.05. The van der Waals surface area contributed by atoms with Gasteiger partial charge in [0.1, 0.15) is 16.5 Å². The van der Waals surface area contributed by atoms with Crippen LogP contribution in [0, 0.1) is 11.6 Å². The molecule has 0 bridgehead atoms. The van der Waals surface area contributed by atoms with Crippen LogP contribution >= 0.6 is 11.3 Å². The highest BCUT2D eigenvalue weighted by atomic mass is 32.2. The smallest absolute Gasteiger partial charge is 0.267 e.